The summed E-state index contributed by atoms with van der Waals surface area (Å²) < 4.78 is 0. The van der Waals surface area contributed by atoms with E-state index in [1.807, 2.05) is 0 Å². The first-order valence-electron chi connectivity index (χ1n) is 4.52. The molecule has 0 radical (unpaired) electrons. The van der Waals surface area contributed by atoms with E-state index in [0.717, 1.165) is 38.1 Å². The average Bonchev–Trinajstić information content (AvgIpc) is 2.27. The maximum Gasteiger partial charge on any atom is 0.206 e. The van der Waals surface area contributed by atoms with Gasteiger partial charge in [-0.2, -0.15) is 5.10 Å². The molecule has 0 atom stereocenters. The molecule has 1 heterocycles. The quantitative estimate of drug-likeness (QED) is 0.303. The summed E-state index contributed by atoms with van der Waals surface area (Å²) in [4.78, 5) is 2.29. The minimum Gasteiger partial charge on any atom is -0.369 e. The van der Waals surface area contributed by atoms with Crippen LogP contribution in [0.5, 0.6) is 0 Å². The molecule has 5 heteroatoms. The highest BCUT2D eigenvalue weighted by atomic mass is 15.3. The maximum atomic E-state index is 6.96. The van der Waals surface area contributed by atoms with E-state index in [1.54, 1.807) is 0 Å². The number of nitrogens with one attached hydrogen (secondary N) is 2. The molecule has 0 spiro atoms. The third-order valence-electron chi connectivity index (χ3n) is 2.12. The smallest absolute Gasteiger partial charge is 0.206 e. The number of likely N-dealkylation sites (tertiary alicyclic amines) is 1. The van der Waals surface area contributed by atoms with Crippen LogP contribution in [0.25, 0.3) is 0 Å². The zero-order valence-corrected chi connectivity index (χ0v) is 8.01. The molecule has 1 saturated heterocycles. The number of rotatable bonds is 1. The van der Waals surface area contributed by atoms with Crippen LogP contribution in [0.3, 0.4) is 0 Å². The van der Waals surface area contributed by atoms with Gasteiger partial charge in [0.1, 0.15) is 0 Å². The fourth-order valence-corrected chi connectivity index (χ4v) is 1.36. The lowest BCUT2D eigenvalue weighted by Crippen LogP contribution is -2.27. The Morgan fingerprint density at radius 3 is 3.00 bits per heavy atom. The third-order valence-corrected chi connectivity index (χ3v) is 2.12. The fraction of sp³-hybridized carbons (Fsp3) is 0.750. The number of hydrazone groups is 1. The van der Waals surface area contributed by atoms with Gasteiger partial charge in [0.15, 0.2) is 0 Å². The second-order valence-corrected chi connectivity index (χ2v) is 3.36. The van der Waals surface area contributed by atoms with Crippen molar-refractivity contribution >= 4 is 11.7 Å². The minimum absolute atomic E-state index is 0.0925. The first-order valence-corrected chi connectivity index (χ1v) is 4.52. The molecule has 4 N–H and O–H groups in total. The van der Waals surface area contributed by atoms with Crippen LogP contribution in [0.15, 0.2) is 5.10 Å². The molecular formula is C8H17N5. The Morgan fingerprint density at radius 1 is 1.54 bits per heavy atom. The van der Waals surface area contributed by atoms with Gasteiger partial charge in [-0.25, -0.2) is 5.43 Å². The van der Waals surface area contributed by atoms with E-state index in [2.05, 4.69) is 22.5 Å². The Kier molecular flexibility index (Phi) is 3.70. The molecule has 0 saturated carbocycles. The van der Waals surface area contributed by atoms with Gasteiger partial charge in [-0.05, 0) is 26.4 Å². The van der Waals surface area contributed by atoms with Crippen molar-refractivity contribution in [3.8, 4) is 0 Å². The standard InChI is InChI=1S/C8H17N5/c1-13-5-2-3-7(4-6-13)11-12-8(9)10/h2-6H2,1H3,(H4,9,10,12). The van der Waals surface area contributed by atoms with E-state index < -0.39 is 0 Å². The highest BCUT2D eigenvalue weighted by Gasteiger charge is 2.08. The summed E-state index contributed by atoms with van der Waals surface area (Å²) in [5, 5.41) is 11.0. The van der Waals surface area contributed by atoms with Crippen molar-refractivity contribution in [3.05, 3.63) is 0 Å². The van der Waals surface area contributed by atoms with Gasteiger partial charge >= 0.3 is 0 Å². The number of hydrogen-bond donors (Lipinski definition) is 3. The first kappa shape index (κ1) is 9.98. The van der Waals surface area contributed by atoms with Gasteiger partial charge in [-0.3, -0.25) is 5.41 Å². The van der Waals surface area contributed by atoms with Gasteiger partial charge < -0.3 is 10.6 Å². The molecule has 0 aromatic rings. The van der Waals surface area contributed by atoms with Crippen LogP contribution in [0.4, 0.5) is 0 Å². The number of nitrogens with zero attached hydrogens (tertiary/aromatic N) is 2. The summed E-state index contributed by atoms with van der Waals surface area (Å²) >= 11 is 0. The molecule has 1 aliphatic rings. The van der Waals surface area contributed by atoms with Crippen LogP contribution < -0.4 is 11.2 Å². The molecule has 0 bridgehead atoms. The second-order valence-electron chi connectivity index (χ2n) is 3.36. The lowest BCUT2D eigenvalue weighted by molar-refractivity contribution is 0.352. The number of guanidine groups is 1. The molecule has 5 nitrogen and oxygen atoms in total. The number of nitrogens with two attached hydrogens (primary N) is 1. The van der Waals surface area contributed by atoms with Crippen LogP contribution in [0.1, 0.15) is 19.3 Å². The van der Waals surface area contributed by atoms with Crippen molar-refractivity contribution in [2.75, 3.05) is 20.1 Å². The predicted octanol–water partition coefficient (Wildman–Crippen LogP) is -0.0588. The molecular weight excluding hydrogens is 166 g/mol. The van der Waals surface area contributed by atoms with E-state index in [1.165, 1.54) is 0 Å². The van der Waals surface area contributed by atoms with Crippen LogP contribution in [0, 0.1) is 5.41 Å². The van der Waals surface area contributed by atoms with Crippen molar-refractivity contribution in [2.24, 2.45) is 10.8 Å². The summed E-state index contributed by atoms with van der Waals surface area (Å²) in [5.74, 6) is -0.0925. The summed E-state index contributed by atoms with van der Waals surface area (Å²) in [6.45, 7) is 2.16. The summed E-state index contributed by atoms with van der Waals surface area (Å²) in [5.41, 5.74) is 8.73. The second kappa shape index (κ2) is 4.81. The highest BCUT2D eigenvalue weighted by Crippen LogP contribution is 2.05. The molecule has 0 aliphatic carbocycles. The molecule has 1 fully saturated rings. The largest absolute Gasteiger partial charge is 0.369 e. The maximum absolute atomic E-state index is 6.96. The summed E-state index contributed by atoms with van der Waals surface area (Å²) in [7, 11) is 2.11. The van der Waals surface area contributed by atoms with Crippen molar-refractivity contribution in [1.82, 2.24) is 10.3 Å². The summed E-state index contributed by atoms with van der Waals surface area (Å²) in [6.07, 6.45) is 3.11. The third kappa shape index (κ3) is 3.89. The van der Waals surface area contributed by atoms with Crippen molar-refractivity contribution in [2.45, 2.75) is 19.3 Å². The van der Waals surface area contributed by atoms with E-state index in [-0.39, 0.29) is 5.96 Å². The molecule has 13 heavy (non-hydrogen) atoms. The molecule has 0 unspecified atom stereocenters. The molecule has 0 amide bonds. The molecule has 1 aliphatic heterocycles. The molecule has 74 valence electrons. The van der Waals surface area contributed by atoms with E-state index in [0.29, 0.717) is 0 Å². The SMILES string of the molecule is CN1CCCC(=NNC(=N)N)CC1. The van der Waals surface area contributed by atoms with Crippen molar-refractivity contribution in [3.63, 3.8) is 0 Å². The Morgan fingerprint density at radius 2 is 2.31 bits per heavy atom. The molecule has 0 aromatic heterocycles. The van der Waals surface area contributed by atoms with Crippen molar-refractivity contribution in [1.29, 1.82) is 5.41 Å². The van der Waals surface area contributed by atoms with Crippen LogP contribution in [-0.2, 0) is 0 Å². The highest BCUT2D eigenvalue weighted by molar-refractivity contribution is 5.86. The lowest BCUT2D eigenvalue weighted by Gasteiger charge is -2.10. The van der Waals surface area contributed by atoms with Gasteiger partial charge in [0.2, 0.25) is 5.96 Å². The molecule has 0 aromatic carbocycles. The Balaban J connectivity index is 2.41. The Hall–Kier alpha value is -1.10. The minimum atomic E-state index is -0.0925. The van der Waals surface area contributed by atoms with Gasteiger partial charge in [-0.1, -0.05) is 0 Å². The van der Waals surface area contributed by atoms with E-state index >= 15 is 0 Å². The van der Waals surface area contributed by atoms with Crippen LogP contribution >= 0.6 is 0 Å². The lowest BCUT2D eigenvalue weighted by atomic mass is 10.2. The van der Waals surface area contributed by atoms with Gasteiger partial charge in [0.25, 0.3) is 0 Å². The normalized spacial score (nSPS) is 22.7. The van der Waals surface area contributed by atoms with Gasteiger partial charge in [0.05, 0.1) is 0 Å². The van der Waals surface area contributed by atoms with Crippen LogP contribution in [0.2, 0.25) is 0 Å². The molecule has 1 rings (SSSR count). The monoisotopic (exact) mass is 183 g/mol. The van der Waals surface area contributed by atoms with E-state index in [4.69, 9.17) is 11.1 Å². The van der Waals surface area contributed by atoms with Crippen LogP contribution in [-0.4, -0.2) is 36.7 Å². The fourth-order valence-electron chi connectivity index (χ4n) is 1.36. The van der Waals surface area contributed by atoms with E-state index in [9.17, 15) is 0 Å². The topological polar surface area (TPSA) is 77.5 Å². The zero-order chi connectivity index (χ0) is 9.68. The number of hydrogen-bond acceptors (Lipinski definition) is 3. The first-order chi connectivity index (χ1) is 6.18. The Bertz CT molecular complexity index is 211. The average molecular weight is 183 g/mol. The van der Waals surface area contributed by atoms with Gasteiger partial charge in [0, 0.05) is 18.7 Å². The Labute approximate surface area is 78.5 Å². The summed E-state index contributed by atoms with van der Waals surface area (Å²) in [6, 6.07) is 0. The zero-order valence-electron chi connectivity index (χ0n) is 8.01. The predicted molar refractivity (Wildman–Crippen MR) is 53.8 cm³/mol. The van der Waals surface area contributed by atoms with Crippen molar-refractivity contribution < 1.29 is 0 Å². The van der Waals surface area contributed by atoms with Gasteiger partial charge in [-0.15, -0.1) is 0 Å².